The van der Waals surface area contributed by atoms with Crippen LogP contribution in [0.4, 0.5) is 0 Å². The first-order valence-corrected chi connectivity index (χ1v) is 16.7. The van der Waals surface area contributed by atoms with E-state index >= 15 is 0 Å². The van der Waals surface area contributed by atoms with Gasteiger partial charge in [-0.2, -0.15) is 9.13 Å². The molecule has 0 spiro atoms. The molecule has 0 radical (unpaired) electrons. The topological polar surface area (TPSA) is 26.8 Å². The first-order valence-electron chi connectivity index (χ1n) is 16.7. The molecule has 0 unspecified atom stereocenters. The Morgan fingerprint density at radius 2 is 0.894 bits per heavy atom. The molecule has 0 saturated heterocycles. The lowest BCUT2D eigenvalue weighted by Gasteiger charge is -2.18. The van der Waals surface area contributed by atoms with Gasteiger partial charge in [-0.1, -0.05) is 64.1 Å². The molecule has 47 heavy (non-hydrogen) atoms. The van der Waals surface area contributed by atoms with E-state index < -0.39 is 0 Å². The maximum atomic E-state index is 6.78. The van der Waals surface area contributed by atoms with Crippen molar-refractivity contribution in [2.45, 2.75) is 67.2 Å². The molecule has 6 rings (SSSR count). The van der Waals surface area contributed by atoms with Crippen molar-refractivity contribution in [3.05, 3.63) is 131 Å². The van der Waals surface area contributed by atoms with Gasteiger partial charge in [-0.05, 0) is 98.2 Å². The van der Waals surface area contributed by atoms with Gasteiger partial charge in [-0.3, -0.25) is 0 Å². The highest BCUT2D eigenvalue weighted by atomic mass is 16.5. The molecule has 0 saturated carbocycles. The standard InChI is InChI=1S/C42H48N4O/c1-27(2)33-17-11-13-19-35(33)45-31(7)25-29(5)41(45)37-21-15-23-39(43(37)9)47-40-24-16-22-38(44(40)10)42-30(6)26-32(8)46(42)36-20-14-12-18-34(36)28(3)4/h11-28H,1-10H3/q+2. The zero-order valence-electron chi connectivity index (χ0n) is 29.6. The summed E-state index contributed by atoms with van der Waals surface area (Å²) in [5, 5.41) is 0. The molecule has 6 aromatic rings. The molecule has 0 N–H and O–H groups in total. The van der Waals surface area contributed by atoms with E-state index in [9.17, 15) is 0 Å². The van der Waals surface area contributed by atoms with Crippen molar-refractivity contribution in [3.8, 4) is 45.9 Å². The summed E-state index contributed by atoms with van der Waals surface area (Å²) >= 11 is 0. The molecule has 0 bridgehead atoms. The summed E-state index contributed by atoms with van der Waals surface area (Å²) < 4.78 is 15.9. The molecule has 2 aromatic carbocycles. The number of para-hydroxylation sites is 2. The molecule has 240 valence electrons. The molecular weight excluding hydrogens is 576 g/mol. The summed E-state index contributed by atoms with van der Waals surface area (Å²) in [6.07, 6.45) is 0. The van der Waals surface area contributed by atoms with Crippen LogP contribution in [-0.2, 0) is 14.1 Å². The second kappa shape index (κ2) is 12.7. The van der Waals surface area contributed by atoms with E-state index in [-0.39, 0.29) is 0 Å². The predicted molar refractivity (Wildman–Crippen MR) is 192 cm³/mol. The van der Waals surface area contributed by atoms with E-state index in [2.05, 4.69) is 173 Å². The fourth-order valence-electron chi connectivity index (χ4n) is 7.13. The van der Waals surface area contributed by atoms with Gasteiger partial charge in [0, 0.05) is 34.9 Å². The fraction of sp³-hybridized carbons (Fsp3) is 0.286. The maximum absolute atomic E-state index is 6.78. The second-order valence-electron chi connectivity index (χ2n) is 13.5. The van der Waals surface area contributed by atoms with Crippen molar-refractivity contribution in [1.29, 1.82) is 0 Å². The van der Waals surface area contributed by atoms with Gasteiger partial charge in [0.15, 0.2) is 0 Å². The summed E-state index contributed by atoms with van der Waals surface area (Å²) in [5.41, 5.74) is 14.5. The van der Waals surface area contributed by atoms with Gasteiger partial charge in [0.05, 0.1) is 12.1 Å². The molecule has 5 heteroatoms. The molecule has 4 aromatic heterocycles. The van der Waals surface area contributed by atoms with Gasteiger partial charge >= 0.3 is 11.8 Å². The Bertz CT molecular complexity index is 1940. The van der Waals surface area contributed by atoms with Gasteiger partial charge in [-0.25, -0.2) is 0 Å². The van der Waals surface area contributed by atoms with Crippen LogP contribution >= 0.6 is 0 Å². The first kappa shape index (κ1) is 32.1. The lowest BCUT2D eigenvalue weighted by atomic mass is 10.0. The van der Waals surface area contributed by atoms with Crippen molar-refractivity contribution in [1.82, 2.24) is 9.13 Å². The lowest BCUT2D eigenvalue weighted by molar-refractivity contribution is -0.685. The molecule has 4 heterocycles. The molecule has 0 atom stereocenters. The van der Waals surface area contributed by atoms with Crippen molar-refractivity contribution in [2.24, 2.45) is 14.1 Å². The Morgan fingerprint density at radius 1 is 0.511 bits per heavy atom. The quantitative estimate of drug-likeness (QED) is 0.155. The number of ether oxygens (including phenoxy) is 1. The van der Waals surface area contributed by atoms with Gasteiger partial charge in [0.25, 0.3) is 0 Å². The number of aromatic nitrogens is 4. The summed E-state index contributed by atoms with van der Waals surface area (Å²) in [5.74, 6) is 2.35. The third-order valence-corrected chi connectivity index (χ3v) is 9.41. The number of hydrogen-bond donors (Lipinski definition) is 0. The second-order valence-corrected chi connectivity index (χ2v) is 13.5. The Kier molecular flexibility index (Phi) is 8.67. The Hall–Kier alpha value is -4.90. The minimum atomic E-state index is 0.407. The van der Waals surface area contributed by atoms with Crippen LogP contribution in [0.5, 0.6) is 11.8 Å². The molecule has 0 amide bonds. The summed E-state index contributed by atoms with van der Waals surface area (Å²) in [6, 6.07) is 34.7. The predicted octanol–water partition coefficient (Wildman–Crippen LogP) is 9.52. The zero-order chi connectivity index (χ0) is 33.6. The van der Waals surface area contributed by atoms with Crippen LogP contribution in [0.15, 0.2) is 97.1 Å². The van der Waals surface area contributed by atoms with E-state index in [1.807, 2.05) is 12.1 Å². The van der Waals surface area contributed by atoms with Crippen LogP contribution in [0.2, 0.25) is 0 Å². The average Bonchev–Trinajstić information content (AvgIpc) is 3.51. The highest BCUT2D eigenvalue weighted by Crippen LogP contribution is 2.35. The van der Waals surface area contributed by atoms with Crippen molar-refractivity contribution < 1.29 is 13.9 Å². The molecular formula is C42H48N4O+2. The number of hydrogen-bond acceptors (Lipinski definition) is 1. The molecule has 0 aliphatic rings. The smallest absolute Gasteiger partial charge is 0.348 e. The van der Waals surface area contributed by atoms with Crippen LogP contribution in [0, 0.1) is 27.7 Å². The highest BCUT2D eigenvalue weighted by molar-refractivity contribution is 5.65. The van der Waals surface area contributed by atoms with Crippen LogP contribution < -0.4 is 13.9 Å². The third kappa shape index (κ3) is 5.69. The fourth-order valence-corrected chi connectivity index (χ4v) is 7.13. The van der Waals surface area contributed by atoms with Crippen LogP contribution in [0.3, 0.4) is 0 Å². The van der Waals surface area contributed by atoms with Crippen LogP contribution in [-0.4, -0.2) is 9.13 Å². The van der Waals surface area contributed by atoms with Gasteiger partial charge in [-0.15, -0.1) is 0 Å². The van der Waals surface area contributed by atoms with Gasteiger partial charge < -0.3 is 13.9 Å². The number of rotatable bonds is 8. The first-order chi connectivity index (χ1) is 22.5. The largest absolute Gasteiger partial charge is 0.377 e. The molecule has 0 aliphatic carbocycles. The average molecular weight is 625 g/mol. The van der Waals surface area contributed by atoms with Gasteiger partial charge in [0.2, 0.25) is 11.4 Å². The van der Waals surface area contributed by atoms with E-state index in [0.29, 0.717) is 11.8 Å². The maximum Gasteiger partial charge on any atom is 0.377 e. The van der Waals surface area contributed by atoms with Crippen molar-refractivity contribution in [3.63, 3.8) is 0 Å². The normalized spacial score (nSPS) is 11.6. The van der Waals surface area contributed by atoms with E-state index in [1.165, 1.54) is 56.4 Å². The molecule has 0 fully saturated rings. The lowest BCUT2D eigenvalue weighted by Crippen LogP contribution is -2.37. The van der Waals surface area contributed by atoms with Crippen LogP contribution in [0.1, 0.15) is 73.2 Å². The van der Waals surface area contributed by atoms with Gasteiger partial charge in [0.1, 0.15) is 25.5 Å². The van der Waals surface area contributed by atoms with E-state index in [4.69, 9.17) is 4.74 Å². The minimum absolute atomic E-state index is 0.407. The Morgan fingerprint density at radius 3 is 1.28 bits per heavy atom. The molecule has 5 nitrogen and oxygen atoms in total. The zero-order valence-corrected chi connectivity index (χ0v) is 29.6. The van der Waals surface area contributed by atoms with E-state index in [0.717, 1.165) is 23.1 Å². The Balaban J connectivity index is 1.45. The minimum Gasteiger partial charge on any atom is -0.348 e. The number of pyridine rings is 2. The number of aryl methyl sites for hydroxylation is 4. The Labute approximate surface area is 280 Å². The highest BCUT2D eigenvalue weighted by Gasteiger charge is 2.28. The van der Waals surface area contributed by atoms with Crippen molar-refractivity contribution in [2.75, 3.05) is 0 Å². The summed E-state index contributed by atoms with van der Waals surface area (Å²) in [7, 11) is 4.19. The van der Waals surface area contributed by atoms with Crippen LogP contribution in [0.25, 0.3) is 34.2 Å². The summed E-state index contributed by atoms with van der Waals surface area (Å²) in [4.78, 5) is 0. The van der Waals surface area contributed by atoms with E-state index in [1.54, 1.807) is 0 Å². The SMILES string of the molecule is Cc1cc(C)n(-c2ccccc2C(C)C)c1-c1cccc(Oc2cccc(-c3c(C)cc(C)n3-c3ccccc3C(C)C)[n+]2C)[n+]1C. The third-order valence-electron chi connectivity index (χ3n) is 9.41. The summed E-state index contributed by atoms with van der Waals surface area (Å²) in [6.45, 7) is 17.8. The number of nitrogens with zero attached hydrogens (tertiary/aromatic N) is 4. The monoisotopic (exact) mass is 624 g/mol. The van der Waals surface area contributed by atoms with Crippen molar-refractivity contribution >= 4 is 0 Å². The number of benzene rings is 2. The molecule has 0 aliphatic heterocycles.